The Kier molecular flexibility index (Phi) is 6.42. The summed E-state index contributed by atoms with van der Waals surface area (Å²) in [6.45, 7) is 3.68. The summed E-state index contributed by atoms with van der Waals surface area (Å²) >= 11 is 3.01. The van der Waals surface area contributed by atoms with Gasteiger partial charge in [0.05, 0.1) is 10.3 Å². The Morgan fingerprint density at radius 1 is 1.10 bits per heavy atom. The molecule has 8 nitrogen and oxygen atoms in total. The van der Waals surface area contributed by atoms with Crippen LogP contribution in [0, 0.1) is 12.7 Å². The zero-order valence-corrected chi connectivity index (χ0v) is 23.5. The summed E-state index contributed by atoms with van der Waals surface area (Å²) in [6.07, 6.45) is -0.130. The van der Waals surface area contributed by atoms with Gasteiger partial charge in [-0.3, -0.25) is 10.1 Å². The molecule has 1 aliphatic carbocycles. The van der Waals surface area contributed by atoms with Crippen molar-refractivity contribution in [2.24, 2.45) is 7.05 Å². The average molecular weight is 577 g/mol. The van der Waals surface area contributed by atoms with Crippen LogP contribution in [0.1, 0.15) is 42.6 Å². The number of ether oxygens (including phenoxy) is 1. The number of carboxylic acids is 1. The number of carboxylic acid groups (broad SMARTS) is 1. The van der Waals surface area contributed by atoms with Crippen molar-refractivity contribution in [2.45, 2.75) is 38.2 Å². The Hall–Kier alpha value is -4.09. The molecule has 5 aromatic rings. The third kappa shape index (κ3) is 4.54. The molecule has 0 radical (unpaired) electrons. The SMILES string of the molecule is Cc1cc(C2(C(=O)O)CC2)c(F)cc1-c1cc2sc(-c3nnn(C)c3NC(=O)OC(C)c3ccccc3)cc2s1. The van der Waals surface area contributed by atoms with E-state index in [1.165, 1.54) is 33.4 Å². The van der Waals surface area contributed by atoms with E-state index in [2.05, 4.69) is 15.6 Å². The molecule has 3 aromatic heterocycles. The van der Waals surface area contributed by atoms with E-state index in [1.54, 1.807) is 20.0 Å². The number of carbonyl (C=O) groups excluding carboxylic acids is 1. The highest BCUT2D eigenvalue weighted by Crippen LogP contribution is 2.51. The van der Waals surface area contributed by atoms with Gasteiger partial charge >= 0.3 is 12.1 Å². The number of carbonyl (C=O) groups is 2. The third-order valence-electron chi connectivity index (χ3n) is 7.29. The number of rotatable bonds is 7. The van der Waals surface area contributed by atoms with Crippen LogP contribution in [0.5, 0.6) is 0 Å². The fourth-order valence-electron chi connectivity index (χ4n) is 4.86. The van der Waals surface area contributed by atoms with Crippen molar-refractivity contribution in [1.82, 2.24) is 15.0 Å². The van der Waals surface area contributed by atoms with Gasteiger partial charge in [-0.15, -0.1) is 27.8 Å². The van der Waals surface area contributed by atoms with Crippen LogP contribution >= 0.6 is 22.7 Å². The number of nitrogens with zero attached hydrogens (tertiary/aromatic N) is 3. The molecule has 1 atom stereocenters. The fourth-order valence-corrected chi connectivity index (χ4v) is 7.33. The maximum atomic E-state index is 15.1. The summed E-state index contributed by atoms with van der Waals surface area (Å²) in [7, 11) is 1.69. The van der Waals surface area contributed by atoms with Crippen molar-refractivity contribution in [1.29, 1.82) is 0 Å². The number of aryl methyl sites for hydroxylation is 2. The highest BCUT2D eigenvalue weighted by Gasteiger charge is 2.53. The lowest BCUT2D eigenvalue weighted by atomic mass is 9.91. The van der Waals surface area contributed by atoms with Gasteiger partial charge in [-0.25, -0.2) is 13.9 Å². The number of halogens is 1. The van der Waals surface area contributed by atoms with Crippen molar-refractivity contribution < 1.29 is 23.8 Å². The molecule has 0 aliphatic heterocycles. The van der Waals surface area contributed by atoms with Crippen LogP contribution < -0.4 is 5.32 Å². The third-order valence-corrected chi connectivity index (χ3v) is 9.63. The minimum atomic E-state index is -1.09. The number of aromatic nitrogens is 3. The first-order valence-electron chi connectivity index (χ1n) is 12.7. The van der Waals surface area contributed by atoms with Crippen LogP contribution in [0.15, 0.2) is 54.6 Å². The largest absolute Gasteiger partial charge is 0.481 e. The monoisotopic (exact) mass is 576 g/mol. The van der Waals surface area contributed by atoms with Gasteiger partial charge in [0, 0.05) is 26.9 Å². The lowest BCUT2D eigenvalue weighted by Crippen LogP contribution is -2.21. The van der Waals surface area contributed by atoms with E-state index in [1.807, 2.05) is 49.4 Å². The molecule has 1 unspecified atom stereocenters. The molecule has 1 saturated carbocycles. The summed E-state index contributed by atoms with van der Waals surface area (Å²) in [5, 5.41) is 20.7. The Morgan fingerprint density at radius 3 is 2.45 bits per heavy atom. The van der Waals surface area contributed by atoms with E-state index in [0.29, 0.717) is 24.4 Å². The maximum absolute atomic E-state index is 15.1. The molecule has 0 spiro atoms. The molecular weight excluding hydrogens is 551 g/mol. The van der Waals surface area contributed by atoms with Crippen LogP contribution in [-0.2, 0) is 22.0 Å². The van der Waals surface area contributed by atoms with Gasteiger partial charge < -0.3 is 9.84 Å². The van der Waals surface area contributed by atoms with Gasteiger partial charge in [-0.05, 0) is 61.6 Å². The van der Waals surface area contributed by atoms with Gasteiger partial charge in [-0.2, -0.15) is 0 Å². The topological polar surface area (TPSA) is 106 Å². The zero-order valence-electron chi connectivity index (χ0n) is 21.9. The van der Waals surface area contributed by atoms with Crippen molar-refractivity contribution in [2.75, 3.05) is 5.32 Å². The molecule has 40 heavy (non-hydrogen) atoms. The van der Waals surface area contributed by atoms with Crippen molar-refractivity contribution in [3.63, 3.8) is 0 Å². The highest BCUT2D eigenvalue weighted by atomic mass is 32.1. The van der Waals surface area contributed by atoms with Gasteiger partial charge in [-0.1, -0.05) is 41.6 Å². The number of thiophene rings is 2. The number of hydrogen-bond donors (Lipinski definition) is 2. The van der Waals surface area contributed by atoms with Gasteiger partial charge in [0.2, 0.25) is 0 Å². The summed E-state index contributed by atoms with van der Waals surface area (Å²) < 4.78 is 24.1. The Bertz CT molecular complexity index is 1740. The molecule has 1 fully saturated rings. The Morgan fingerprint density at radius 2 is 1.77 bits per heavy atom. The van der Waals surface area contributed by atoms with Crippen molar-refractivity contribution in [3.8, 4) is 21.0 Å². The van der Waals surface area contributed by atoms with E-state index in [-0.39, 0.29) is 5.56 Å². The standard InChI is InChI=1S/C29H25FN4O4S2/c1-15-11-19(29(9-10-29)27(35)36)20(30)12-18(15)21-13-22-23(39-21)14-24(40-22)25-26(34(3)33-32-25)31-28(37)38-16(2)17-7-5-4-6-8-17/h4-8,11-14,16H,9-10H2,1-3H3,(H,31,37)(H,35,36). The van der Waals surface area contributed by atoms with Crippen molar-refractivity contribution in [3.05, 3.63) is 77.1 Å². The smallest absolute Gasteiger partial charge is 0.413 e. The molecule has 3 heterocycles. The van der Waals surface area contributed by atoms with Crippen LogP contribution in [0.4, 0.5) is 15.0 Å². The molecule has 1 aliphatic rings. The lowest BCUT2D eigenvalue weighted by Gasteiger charge is -2.14. The average Bonchev–Trinajstić information content (AvgIpc) is 3.34. The molecule has 2 aromatic carbocycles. The number of fused-ring (bicyclic) bond motifs is 1. The fraction of sp³-hybridized carbons (Fsp3) is 0.241. The second-order valence-corrected chi connectivity index (χ2v) is 12.1. The minimum Gasteiger partial charge on any atom is -0.481 e. The molecule has 6 rings (SSSR count). The first-order valence-corrected chi connectivity index (χ1v) is 14.3. The Labute approximate surface area is 237 Å². The number of amides is 1. The van der Waals surface area contributed by atoms with E-state index in [4.69, 9.17) is 4.74 Å². The predicted octanol–water partition coefficient (Wildman–Crippen LogP) is 7.30. The highest BCUT2D eigenvalue weighted by molar-refractivity contribution is 7.31. The van der Waals surface area contributed by atoms with Crippen LogP contribution in [0.25, 0.3) is 30.4 Å². The van der Waals surface area contributed by atoms with E-state index < -0.39 is 29.4 Å². The first-order chi connectivity index (χ1) is 19.2. The maximum Gasteiger partial charge on any atom is 0.413 e. The number of benzene rings is 2. The van der Waals surface area contributed by atoms with E-state index in [9.17, 15) is 14.7 Å². The minimum absolute atomic E-state index is 0.265. The molecule has 0 bridgehead atoms. The number of hydrogen-bond acceptors (Lipinski definition) is 7. The van der Waals surface area contributed by atoms with Crippen LogP contribution in [-0.4, -0.2) is 32.2 Å². The van der Waals surface area contributed by atoms with Gasteiger partial charge in [0.1, 0.15) is 17.6 Å². The second kappa shape index (κ2) is 9.83. The normalized spacial score (nSPS) is 14.7. The second-order valence-electron chi connectivity index (χ2n) is 9.98. The summed E-state index contributed by atoms with van der Waals surface area (Å²) in [4.78, 5) is 26.1. The lowest BCUT2D eigenvalue weighted by molar-refractivity contribution is -0.140. The summed E-state index contributed by atoms with van der Waals surface area (Å²) in [5.41, 5.74) is 2.16. The Balaban J connectivity index is 1.24. The van der Waals surface area contributed by atoms with Gasteiger partial charge in [0.15, 0.2) is 5.82 Å². The quantitative estimate of drug-likeness (QED) is 0.211. The number of aliphatic carboxylic acids is 1. The first kappa shape index (κ1) is 26.1. The van der Waals surface area contributed by atoms with Crippen LogP contribution in [0.2, 0.25) is 0 Å². The summed E-state index contributed by atoms with van der Waals surface area (Å²) in [6, 6.07) is 16.6. The predicted molar refractivity (Wildman–Crippen MR) is 153 cm³/mol. The van der Waals surface area contributed by atoms with Crippen LogP contribution in [0.3, 0.4) is 0 Å². The number of anilines is 1. The molecule has 2 N–H and O–H groups in total. The molecule has 204 valence electrons. The van der Waals surface area contributed by atoms with Gasteiger partial charge in [0.25, 0.3) is 0 Å². The molecule has 11 heteroatoms. The molecule has 0 saturated heterocycles. The zero-order chi connectivity index (χ0) is 28.2. The van der Waals surface area contributed by atoms with E-state index >= 15 is 4.39 Å². The van der Waals surface area contributed by atoms with Crippen molar-refractivity contribution >= 4 is 50.0 Å². The van der Waals surface area contributed by atoms with E-state index in [0.717, 1.165) is 35.8 Å². The molecule has 1 amide bonds. The molecular formula is C29H25FN4O4S2. The number of nitrogens with one attached hydrogen (secondary N) is 1. The summed E-state index contributed by atoms with van der Waals surface area (Å²) in [5.74, 6) is -1.04.